The van der Waals surface area contributed by atoms with Crippen LogP contribution in [0, 0.1) is 19.8 Å². The minimum Gasteiger partial charge on any atom is -0.383 e. The fourth-order valence-electron chi connectivity index (χ4n) is 4.19. The first-order valence-electron chi connectivity index (χ1n) is 10.5. The molecule has 1 aromatic heterocycles. The Hall–Kier alpha value is -1.57. The summed E-state index contributed by atoms with van der Waals surface area (Å²) in [5.41, 5.74) is 1.33. The van der Waals surface area contributed by atoms with Gasteiger partial charge in [-0.05, 0) is 64.6 Å². The van der Waals surface area contributed by atoms with Crippen LogP contribution in [0.5, 0.6) is 0 Å². The fraction of sp³-hybridized carbons (Fsp3) is 0.762. The van der Waals surface area contributed by atoms with Gasteiger partial charge in [0.1, 0.15) is 11.5 Å². The van der Waals surface area contributed by atoms with E-state index in [-0.39, 0.29) is 12.0 Å². The zero-order valence-electron chi connectivity index (χ0n) is 17.5. The SMILES string of the molecule is COCCN1CCC(CN(C[C@@H]2CCCO2)C(=O)c2cc(C)nc(C)n2)CC1. The maximum atomic E-state index is 13.3. The molecule has 2 saturated heterocycles. The predicted molar refractivity (Wildman–Crippen MR) is 107 cm³/mol. The summed E-state index contributed by atoms with van der Waals surface area (Å²) in [7, 11) is 1.75. The van der Waals surface area contributed by atoms with Gasteiger partial charge < -0.3 is 19.3 Å². The maximum absolute atomic E-state index is 13.3. The molecule has 3 rings (SSSR count). The Morgan fingerprint density at radius 3 is 2.68 bits per heavy atom. The second-order valence-electron chi connectivity index (χ2n) is 8.06. The first kappa shape index (κ1) is 21.1. The maximum Gasteiger partial charge on any atom is 0.272 e. The van der Waals surface area contributed by atoms with Crippen LogP contribution < -0.4 is 0 Å². The minimum atomic E-state index is 0.00547. The quantitative estimate of drug-likeness (QED) is 0.677. The van der Waals surface area contributed by atoms with Crippen LogP contribution >= 0.6 is 0 Å². The van der Waals surface area contributed by atoms with Crippen molar-refractivity contribution in [3.63, 3.8) is 0 Å². The van der Waals surface area contributed by atoms with E-state index in [1.165, 1.54) is 0 Å². The van der Waals surface area contributed by atoms with E-state index in [1.807, 2.05) is 18.7 Å². The number of carbonyl (C=O) groups excluding carboxylic acids is 1. The number of hydrogen-bond donors (Lipinski definition) is 0. The number of ether oxygens (including phenoxy) is 2. The lowest BCUT2D eigenvalue weighted by Crippen LogP contribution is -2.44. The smallest absolute Gasteiger partial charge is 0.272 e. The lowest BCUT2D eigenvalue weighted by Gasteiger charge is -2.35. The van der Waals surface area contributed by atoms with E-state index in [2.05, 4.69) is 14.9 Å². The second kappa shape index (κ2) is 10.3. The number of hydrogen-bond acceptors (Lipinski definition) is 6. The van der Waals surface area contributed by atoms with Gasteiger partial charge in [0.05, 0.1) is 12.7 Å². The van der Waals surface area contributed by atoms with Gasteiger partial charge in [-0.25, -0.2) is 9.97 Å². The monoisotopic (exact) mass is 390 g/mol. The van der Waals surface area contributed by atoms with Gasteiger partial charge in [0, 0.05) is 39.0 Å². The van der Waals surface area contributed by atoms with Crippen molar-refractivity contribution in [2.24, 2.45) is 5.92 Å². The molecule has 1 amide bonds. The van der Waals surface area contributed by atoms with Crippen LogP contribution in [0.1, 0.15) is 47.7 Å². The van der Waals surface area contributed by atoms with Gasteiger partial charge in [0.15, 0.2) is 0 Å². The molecule has 2 aliphatic rings. The number of rotatable bonds is 8. The van der Waals surface area contributed by atoms with Crippen molar-refractivity contribution in [3.8, 4) is 0 Å². The molecule has 0 N–H and O–H groups in total. The van der Waals surface area contributed by atoms with E-state index < -0.39 is 0 Å². The van der Waals surface area contributed by atoms with Crippen molar-refractivity contribution in [2.75, 3.05) is 53.0 Å². The van der Waals surface area contributed by atoms with Crippen LogP contribution in [-0.4, -0.2) is 84.8 Å². The van der Waals surface area contributed by atoms with E-state index in [4.69, 9.17) is 9.47 Å². The fourth-order valence-corrected chi connectivity index (χ4v) is 4.19. The molecule has 0 bridgehead atoms. The van der Waals surface area contributed by atoms with Crippen molar-refractivity contribution >= 4 is 5.91 Å². The average molecular weight is 391 g/mol. The molecule has 0 spiro atoms. The molecule has 7 heteroatoms. The Morgan fingerprint density at radius 1 is 1.25 bits per heavy atom. The Balaban J connectivity index is 1.64. The van der Waals surface area contributed by atoms with Gasteiger partial charge in [-0.15, -0.1) is 0 Å². The van der Waals surface area contributed by atoms with E-state index in [9.17, 15) is 4.79 Å². The molecule has 7 nitrogen and oxygen atoms in total. The summed E-state index contributed by atoms with van der Waals surface area (Å²) in [6, 6.07) is 1.80. The number of nitrogens with zero attached hydrogens (tertiary/aromatic N) is 4. The third kappa shape index (κ3) is 5.96. The number of carbonyl (C=O) groups is 1. The Labute approximate surface area is 168 Å². The molecule has 0 saturated carbocycles. The standard InChI is InChI=1S/C21H34N4O3/c1-16-13-20(23-17(2)22-16)21(26)25(15-19-5-4-11-28-19)14-18-6-8-24(9-7-18)10-12-27-3/h13,18-19H,4-12,14-15H2,1-3H3/t19-/m0/s1. The third-order valence-corrected chi connectivity index (χ3v) is 5.72. The molecule has 156 valence electrons. The number of aryl methyl sites for hydroxylation is 2. The van der Waals surface area contributed by atoms with Crippen molar-refractivity contribution in [1.82, 2.24) is 19.8 Å². The first-order valence-corrected chi connectivity index (χ1v) is 10.5. The molecule has 0 radical (unpaired) electrons. The van der Waals surface area contributed by atoms with E-state index in [0.29, 0.717) is 24.0 Å². The molecule has 2 fully saturated rings. The first-order chi connectivity index (χ1) is 13.5. The number of piperidine rings is 1. The normalized spacial score (nSPS) is 21.2. The van der Waals surface area contributed by atoms with Crippen molar-refractivity contribution < 1.29 is 14.3 Å². The molecule has 0 aliphatic carbocycles. The van der Waals surface area contributed by atoms with Gasteiger partial charge in [-0.3, -0.25) is 4.79 Å². The molecule has 0 unspecified atom stereocenters. The summed E-state index contributed by atoms with van der Waals surface area (Å²) in [6.07, 6.45) is 4.48. The highest BCUT2D eigenvalue weighted by Crippen LogP contribution is 2.21. The van der Waals surface area contributed by atoms with Gasteiger partial charge in [-0.2, -0.15) is 0 Å². The highest BCUT2D eigenvalue weighted by molar-refractivity contribution is 5.92. The molecular formula is C21H34N4O3. The zero-order valence-corrected chi connectivity index (χ0v) is 17.5. The molecule has 3 heterocycles. The topological polar surface area (TPSA) is 67.8 Å². The van der Waals surface area contributed by atoms with Crippen LogP contribution in [0.2, 0.25) is 0 Å². The summed E-state index contributed by atoms with van der Waals surface area (Å²) in [4.78, 5) is 26.4. The van der Waals surface area contributed by atoms with Crippen molar-refractivity contribution in [3.05, 3.63) is 23.3 Å². The van der Waals surface area contributed by atoms with Gasteiger partial charge in [0.25, 0.3) is 5.91 Å². The highest BCUT2D eigenvalue weighted by Gasteiger charge is 2.28. The van der Waals surface area contributed by atoms with Crippen LogP contribution in [0.15, 0.2) is 6.07 Å². The summed E-state index contributed by atoms with van der Waals surface area (Å²) in [5, 5.41) is 0. The number of methoxy groups -OCH3 is 1. The minimum absolute atomic E-state index is 0.00547. The Bertz CT molecular complexity index is 620. The third-order valence-electron chi connectivity index (χ3n) is 5.72. The summed E-state index contributed by atoms with van der Waals surface area (Å²) < 4.78 is 11.0. The zero-order chi connectivity index (χ0) is 19.9. The number of amides is 1. The van der Waals surface area contributed by atoms with Crippen molar-refractivity contribution in [2.45, 2.75) is 45.6 Å². The van der Waals surface area contributed by atoms with Crippen LogP contribution in [0.4, 0.5) is 0 Å². The molecule has 1 aromatic rings. The average Bonchev–Trinajstić information content (AvgIpc) is 3.18. The number of likely N-dealkylation sites (tertiary alicyclic amines) is 1. The van der Waals surface area contributed by atoms with Gasteiger partial charge in [0.2, 0.25) is 0 Å². The largest absolute Gasteiger partial charge is 0.383 e. The summed E-state index contributed by atoms with van der Waals surface area (Å²) in [5.74, 6) is 1.17. The molecule has 28 heavy (non-hydrogen) atoms. The van der Waals surface area contributed by atoms with E-state index in [0.717, 1.165) is 70.8 Å². The van der Waals surface area contributed by atoms with Crippen molar-refractivity contribution in [1.29, 1.82) is 0 Å². The summed E-state index contributed by atoms with van der Waals surface area (Å²) in [6.45, 7) is 9.89. The lowest BCUT2D eigenvalue weighted by molar-refractivity contribution is 0.0432. The van der Waals surface area contributed by atoms with Crippen LogP contribution in [0.25, 0.3) is 0 Å². The lowest BCUT2D eigenvalue weighted by atomic mass is 9.95. The van der Waals surface area contributed by atoms with Crippen LogP contribution in [0.3, 0.4) is 0 Å². The van der Waals surface area contributed by atoms with Crippen LogP contribution in [-0.2, 0) is 9.47 Å². The second-order valence-corrected chi connectivity index (χ2v) is 8.06. The Kier molecular flexibility index (Phi) is 7.76. The molecule has 1 atom stereocenters. The van der Waals surface area contributed by atoms with Gasteiger partial charge in [-0.1, -0.05) is 0 Å². The van der Waals surface area contributed by atoms with Gasteiger partial charge >= 0.3 is 0 Å². The number of aromatic nitrogens is 2. The predicted octanol–water partition coefficient (Wildman–Crippen LogP) is 2.07. The molecule has 0 aromatic carbocycles. The molecular weight excluding hydrogens is 356 g/mol. The van der Waals surface area contributed by atoms with E-state index in [1.54, 1.807) is 13.2 Å². The highest BCUT2D eigenvalue weighted by atomic mass is 16.5. The Morgan fingerprint density at radius 2 is 2.04 bits per heavy atom. The molecule has 2 aliphatic heterocycles. The van der Waals surface area contributed by atoms with E-state index >= 15 is 0 Å². The summed E-state index contributed by atoms with van der Waals surface area (Å²) >= 11 is 0.